The molecule has 0 amide bonds. The Morgan fingerprint density at radius 2 is 1.96 bits per heavy atom. The summed E-state index contributed by atoms with van der Waals surface area (Å²) >= 11 is 7.44. The maximum Gasteiger partial charge on any atom is 0.281 e. The summed E-state index contributed by atoms with van der Waals surface area (Å²) in [6.45, 7) is 6.87. The smallest absolute Gasteiger partial charge is 0.281 e. The highest BCUT2D eigenvalue weighted by Gasteiger charge is 2.41. The van der Waals surface area contributed by atoms with Crippen LogP contribution in [-0.4, -0.2) is 51.5 Å². The molecule has 1 aromatic carbocycles. The summed E-state index contributed by atoms with van der Waals surface area (Å²) in [5.41, 5.74) is 2.00. The minimum absolute atomic E-state index is 0.587. The zero-order chi connectivity index (χ0) is 18.4. The third-order valence-electron chi connectivity index (χ3n) is 5.58. The van der Waals surface area contributed by atoms with Crippen molar-refractivity contribution in [2.75, 3.05) is 19.6 Å². The Labute approximate surface area is 167 Å². The largest absolute Gasteiger partial charge is 0.431 e. The van der Waals surface area contributed by atoms with Crippen LogP contribution in [0.1, 0.15) is 18.9 Å². The third kappa shape index (κ3) is 3.43. The van der Waals surface area contributed by atoms with Gasteiger partial charge in [0, 0.05) is 37.9 Å². The molecule has 2 saturated heterocycles. The number of aromatic nitrogens is 2. The van der Waals surface area contributed by atoms with E-state index in [0.29, 0.717) is 21.9 Å². The molecule has 3 aromatic rings. The van der Waals surface area contributed by atoms with Crippen LogP contribution in [0.4, 0.5) is 0 Å². The molecule has 2 bridgehead atoms. The highest BCUT2D eigenvalue weighted by atomic mass is 35.5. The monoisotopic (exact) mass is 400 g/mol. The molecular formula is C20H21ClN4OS. The van der Waals surface area contributed by atoms with E-state index >= 15 is 0 Å². The molecule has 2 aliphatic heterocycles. The number of ether oxygens (including phenoxy) is 1. The van der Waals surface area contributed by atoms with Gasteiger partial charge >= 0.3 is 0 Å². The number of halogens is 1. The van der Waals surface area contributed by atoms with E-state index in [2.05, 4.69) is 38.8 Å². The van der Waals surface area contributed by atoms with Crippen LogP contribution in [0, 0.1) is 0 Å². The van der Waals surface area contributed by atoms with Gasteiger partial charge in [0.1, 0.15) is 5.75 Å². The fraction of sp³-hybridized carbons (Fsp3) is 0.400. The van der Waals surface area contributed by atoms with Crippen molar-refractivity contribution in [1.82, 2.24) is 19.8 Å². The zero-order valence-corrected chi connectivity index (χ0v) is 16.7. The molecule has 0 saturated carbocycles. The van der Waals surface area contributed by atoms with E-state index in [0.717, 1.165) is 23.0 Å². The zero-order valence-electron chi connectivity index (χ0n) is 15.1. The first-order valence-electron chi connectivity index (χ1n) is 9.35. The number of pyridine rings is 1. The van der Waals surface area contributed by atoms with Gasteiger partial charge in [0.2, 0.25) is 0 Å². The molecule has 27 heavy (non-hydrogen) atoms. The van der Waals surface area contributed by atoms with Gasteiger partial charge < -0.3 is 4.74 Å². The Balaban J connectivity index is 1.24. The number of likely N-dealkylation sites (tertiary alicyclic amines) is 2. The molecule has 0 aliphatic carbocycles. The number of nitrogens with zero attached hydrogens (tertiary/aromatic N) is 4. The molecule has 5 rings (SSSR count). The summed E-state index contributed by atoms with van der Waals surface area (Å²) in [7, 11) is 0. The number of thiazole rings is 1. The minimum Gasteiger partial charge on any atom is -0.431 e. The van der Waals surface area contributed by atoms with Crippen LogP contribution in [0.5, 0.6) is 10.9 Å². The summed E-state index contributed by atoms with van der Waals surface area (Å²) in [5, 5.41) is 1.20. The van der Waals surface area contributed by atoms with Gasteiger partial charge in [-0.05, 0) is 36.7 Å². The fourth-order valence-electron chi connectivity index (χ4n) is 4.23. The van der Waals surface area contributed by atoms with E-state index in [9.17, 15) is 0 Å². The van der Waals surface area contributed by atoms with Crippen LogP contribution in [0.3, 0.4) is 0 Å². The van der Waals surface area contributed by atoms with E-state index < -0.39 is 0 Å². The van der Waals surface area contributed by atoms with E-state index in [1.54, 1.807) is 6.20 Å². The Morgan fingerprint density at radius 3 is 2.70 bits per heavy atom. The van der Waals surface area contributed by atoms with Crippen LogP contribution in [0.25, 0.3) is 10.3 Å². The molecule has 2 aromatic heterocycles. The van der Waals surface area contributed by atoms with Crippen molar-refractivity contribution in [2.45, 2.75) is 32.0 Å². The third-order valence-corrected chi connectivity index (χ3v) is 6.66. The molecule has 140 valence electrons. The molecule has 0 spiro atoms. The summed E-state index contributed by atoms with van der Waals surface area (Å²) in [4.78, 5) is 13.9. The first-order valence-corrected chi connectivity index (χ1v) is 10.5. The topological polar surface area (TPSA) is 41.5 Å². The fourth-order valence-corrected chi connectivity index (χ4v) is 5.29. The highest BCUT2D eigenvalue weighted by molar-refractivity contribution is 7.20. The van der Waals surface area contributed by atoms with Gasteiger partial charge in [0.05, 0.1) is 9.72 Å². The van der Waals surface area contributed by atoms with Crippen LogP contribution < -0.4 is 4.74 Å². The number of hydrogen-bond donors (Lipinski definition) is 0. The predicted octanol–water partition coefficient (Wildman–Crippen LogP) is 4.42. The Bertz CT molecular complexity index is 960. The Kier molecular flexibility index (Phi) is 4.52. The number of benzene rings is 1. The van der Waals surface area contributed by atoms with Gasteiger partial charge in [0.15, 0.2) is 5.65 Å². The SMILES string of the molecule is CCN1C[C@@H]2C[C@H]1CN2Cc1ccc(Oc2nc3ncc(Cl)cc3s2)cc1. The van der Waals surface area contributed by atoms with E-state index in [-0.39, 0.29) is 0 Å². The number of rotatable bonds is 5. The van der Waals surface area contributed by atoms with Crippen LogP contribution in [0.15, 0.2) is 36.5 Å². The summed E-state index contributed by atoms with van der Waals surface area (Å²) in [5.74, 6) is 0.795. The molecule has 4 heterocycles. The van der Waals surface area contributed by atoms with Crippen molar-refractivity contribution in [2.24, 2.45) is 0 Å². The molecule has 0 N–H and O–H groups in total. The number of piperazine rings is 1. The van der Waals surface area contributed by atoms with Crippen molar-refractivity contribution >= 4 is 33.3 Å². The van der Waals surface area contributed by atoms with E-state index in [1.807, 2.05) is 18.2 Å². The lowest BCUT2D eigenvalue weighted by Gasteiger charge is -2.33. The molecule has 7 heteroatoms. The molecule has 2 fully saturated rings. The second-order valence-electron chi connectivity index (χ2n) is 7.26. The van der Waals surface area contributed by atoms with Gasteiger partial charge in [-0.25, -0.2) is 4.98 Å². The Morgan fingerprint density at radius 1 is 1.19 bits per heavy atom. The van der Waals surface area contributed by atoms with Gasteiger partial charge in [-0.3, -0.25) is 9.80 Å². The minimum atomic E-state index is 0.587. The van der Waals surface area contributed by atoms with Crippen LogP contribution >= 0.6 is 22.9 Å². The number of fused-ring (bicyclic) bond motifs is 3. The quantitative estimate of drug-likeness (QED) is 0.634. The van der Waals surface area contributed by atoms with Crippen molar-refractivity contribution < 1.29 is 4.74 Å². The first-order chi connectivity index (χ1) is 13.2. The van der Waals surface area contributed by atoms with Gasteiger partial charge in [-0.2, -0.15) is 4.98 Å². The lowest BCUT2D eigenvalue weighted by atomic mass is 10.2. The summed E-state index contributed by atoms with van der Waals surface area (Å²) in [6, 6.07) is 11.7. The lowest BCUT2D eigenvalue weighted by molar-refractivity contribution is 0.127. The van der Waals surface area contributed by atoms with Crippen LogP contribution in [0.2, 0.25) is 5.02 Å². The van der Waals surface area contributed by atoms with Gasteiger partial charge in [-0.1, -0.05) is 42.0 Å². The molecule has 2 atom stereocenters. The number of likely N-dealkylation sites (N-methyl/N-ethyl adjacent to an activating group) is 1. The second-order valence-corrected chi connectivity index (χ2v) is 8.69. The van der Waals surface area contributed by atoms with Gasteiger partial charge in [0.25, 0.3) is 5.19 Å². The van der Waals surface area contributed by atoms with E-state index in [4.69, 9.17) is 16.3 Å². The average molecular weight is 401 g/mol. The molecule has 0 radical (unpaired) electrons. The average Bonchev–Trinajstić information content (AvgIpc) is 3.36. The Hall–Kier alpha value is -1.73. The van der Waals surface area contributed by atoms with Crippen molar-refractivity contribution in [3.8, 4) is 10.9 Å². The van der Waals surface area contributed by atoms with Crippen molar-refractivity contribution in [3.05, 3.63) is 47.1 Å². The molecule has 2 aliphatic rings. The summed E-state index contributed by atoms with van der Waals surface area (Å²) < 4.78 is 6.84. The normalized spacial score (nSPS) is 22.7. The second kappa shape index (κ2) is 7.02. The van der Waals surface area contributed by atoms with E-state index in [1.165, 1.54) is 43.0 Å². The highest BCUT2D eigenvalue weighted by Crippen LogP contribution is 2.33. The maximum atomic E-state index is 5.98. The lowest BCUT2D eigenvalue weighted by Crippen LogP contribution is -2.45. The summed E-state index contributed by atoms with van der Waals surface area (Å²) in [6.07, 6.45) is 2.93. The first kappa shape index (κ1) is 17.4. The number of hydrogen-bond acceptors (Lipinski definition) is 6. The maximum absolute atomic E-state index is 5.98. The van der Waals surface area contributed by atoms with Gasteiger partial charge in [-0.15, -0.1) is 0 Å². The van der Waals surface area contributed by atoms with Crippen molar-refractivity contribution in [1.29, 1.82) is 0 Å². The molecule has 5 nitrogen and oxygen atoms in total. The predicted molar refractivity (Wildman–Crippen MR) is 109 cm³/mol. The standard InChI is InChI=1S/C20H21ClN4OS/c1-2-24-11-16-8-15(24)12-25(16)10-13-3-5-17(6-4-13)26-20-23-19-18(27-20)7-14(21)9-22-19/h3-7,9,15-16H,2,8,10-12H2,1H3/t15-,16-/m0/s1. The van der Waals surface area contributed by atoms with Crippen molar-refractivity contribution in [3.63, 3.8) is 0 Å². The molecule has 0 unspecified atom stereocenters. The van der Waals surface area contributed by atoms with Crippen LogP contribution in [-0.2, 0) is 6.54 Å². The molecular weight excluding hydrogens is 380 g/mol.